The molecule has 0 spiro atoms. The van der Waals surface area contributed by atoms with Crippen molar-refractivity contribution in [1.82, 2.24) is 24.8 Å². The molecule has 0 aliphatic carbocycles. The summed E-state index contributed by atoms with van der Waals surface area (Å²) in [6, 6.07) is 11.3. The standard InChI is InChI=1S/C28H38N6O4/c1-19-9-10-21(15-25(19)33-18-24(27(36)37)29-30-33)26(35)34(38-8)23-14-20(13-22(16-23)28(2,3)4)17-32(7)12-11-31(5)6/h9-10,13-16,18H,11-12,17H2,1-8H3,(H,36,37). The Balaban J connectivity index is 1.98. The molecule has 0 aliphatic heterocycles. The molecule has 10 nitrogen and oxygen atoms in total. The number of nitrogens with zero attached hydrogens (tertiary/aromatic N) is 6. The molecule has 10 heteroatoms. The average molecular weight is 523 g/mol. The van der Waals surface area contributed by atoms with E-state index >= 15 is 0 Å². The quantitative estimate of drug-likeness (QED) is 0.401. The molecule has 0 radical (unpaired) electrons. The zero-order chi connectivity index (χ0) is 28.2. The monoisotopic (exact) mass is 522 g/mol. The fourth-order valence-electron chi connectivity index (χ4n) is 3.97. The fourth-order valence-corrected chi connectivity index (χ4v) is 3.97. The van der Waals surface area contributed by atoms with Gasteiger partial charge >= 0.3 is 5.97 Å². The van der Waals surface area contributed by atoms with Gasteiger partial charge in [-0.05, 0) is 74.4 Å². The Morgan fingerprint density at radius 3 is 2.34 bits per heavy atom. The van der Waals surface area contributed by atoms with Crippen LogP contribution in [0.2, 0.25) is 0 Å². The van der Waals surface area contributed by atoms with Crippen molar-refractivity contribution in [2.24, 2.45) is 0 Å². The molecule has 1 N–H and O–H groups in total. The number of aromatic carboxylic acids is 1. The summed E-state index contributed by atoms with van der Waals surface area (Å²) in [5.74, 6) is -1.53. The second kappa shape index (κ2) is 11.8. The van der Waals surface area contributed by atoms with E-state index in [4.69, 9.17) is 4.84 Å². The Hall–Kier alpha value is -3.60. The van der Waals surface area contributed by atoms with Crippen LogP contribution in [0.4, 0.5) is 5.69 Å². The van der Waals surface area contributed by atoms with Crippen LogP contribution in [0.3, 0.4) is 0 Å². The second-order valence-corrected chi connectivity index (χ2v) is 10.8. The topological polar surface area (TPSA) is 104 Å². The molecule has 1 amide bonds. The molecule has 38 heavy (non-hydrogen) atoms. The highest BCUT2D eigenvalue weighted by molar-refractivity contribution is 6.05. The highest BCUT2D eigenvalue weighted by Gasteiger charge is 2.23. The normalized spacial score (nSPS) is 11.8. The van der Waals surface area contributed by atoms with Gasteiger partial charge in [0.05, 0.1) is 24.7 Å². The summed E-state index contributed by atoms with van der Waals surface area (Å²) in [5.41, 5.74) is 4.22. The number of carboxylic acid groups (broad SMARTS) is 1. The summed E-state index contributed by atoms with van der Waals surface area (Å²) in [6.07, 6.45) is 1.32. The lowest BCUT2D eigenvalue weighted by Gasteiger charge is -2.27. The van der Waals surface area contributed by atoms with E-state index in [0.29, 0.717) is 16.9 Å². The van der Waals surface area contributed by atoms with E-state index in [1.807, 2.05) is 19.1 Å². The lowest BCUT2D eigenvalue weighted by atomic mass is 9.85. The maximum absolute atomic E-state index is 13.7. The number of rotatable bonds is 10. The van der Waals surface area contributed by atoms with Crippen LogP contribution in [0.5, 0.6) is 0 Å². The molecule has 0 fully saturated rings. The number of hydrogen-bond donors (Lipinski definition) is 1. The molecule has 1 heterocycles. The molecule has 0 saturated heterocycles. The van der Waals surface area contributed by atoms with Crippen LogP contribution >= 0.6 is 0 Å². The third-order valence-corrected chi connectivity index (χ3v) is 6.24. The largest absolute Gasteiger partial charge is 0.476 e. The van der Waals surface area contributed by atoms with Crippen molar-refractivity contribution in [3.05, 3.63) is 70.5 Å². The van der Waals surface area contributed by atoms with Gasteiger partial charge in [-0.25, -0.2) is 9.48 Å². The van der Waals surface area contributed by atoms with Crippen LogP contribution < -0.4 is 5.06 Å². The molecule has 0 atom stereocenters. The molecule has 0 bridgehead atoms. The predicted molar refractivity (Wildman–Crippen MR) is 147 cm³/mol. The van der Waals surface area contributed by atoms with Crippen LogP contribution in [0, 0.1) is 6.92 Å². The van der Waals surface area contributed by atoms with Crippen molar-refractivity contribution in [1.29, 1.82) is 0 Å². The number of hydrogen-bond acceptors (Lipinski definition) is 7. The molecule has 1 aromatic heterocycles. The van der Waals surface area contributed by atoms with E-state index in [1.54, 1.807) is 18.2 Å². The van der Waals surface area contributed by atoms with E-state index in [1.165, 1.54) is 23.1 Å². The van der Waals surface area contributed by atoms with Crippen molar-refractivity contribution in [3.63, 3.8) is 0 Å². The Morgan fingerprint density at radius 2 is 1.76 bits per heavy atom. The van der Waals surface area contributed by atoms with Crippen molar-refractivity contribution in [2.45, 2.75) is 39.7 Å². The number of carbonyl (C=O) groups excluding carboxylic acids is 1. The maximum Gasteiger partial charge on any atom is 0.358 e. The molecule has 0 saturated carbocycles. The SMILES string of the molecule is CON(C(=O)c1ccc(C)c(-n2cc(C(=O)O)nn2)c1)c1cc(CN(C)CCN(C)C)cc(C(C)(C)C)c1. The minimum atomic E-state index is -1.17. The number of aromatic nitrogens is 3. The van der Waals surface area contributed by atoms with E-state index < -0.39 is 5.97 Å². The van der Waals surface area contributed by atoms with Gasteiger partial charge in [0, 0.05) is 25.2 Å². The predicted octanol–water partition coefficient (Wildman–Crippen LogP) is 3.77. The first kappa shape index (κ1) is 29.0. The molecular weight excluding hydrogens is 484 g/mol. The number of carbonyl (C=O) groups is 2. The number of hydroxylamine groups is 1. The Bertz CT molecular complexity index is 1290. The third-order valence-electron chi connectivity index (χ3n) is 6.24. The molecule has 204 valence electrons. The molecule has 3 rings (SSSR count). The number of aryl methyl sites for hydroxylation is 1. The van der Waals surface area contributed by atoms with Crippen LogP contribution in [0.25, 0.3) is 5.69 Å². The van der Waals surface area contributed by atoms with E-state index in [-0.39, 0.29) is 17.0 Å². The summed E-state index contributed by atoms with van der Waals surface area (Å²) in [6.45, 7) is 10.9. The van der Waals surface area contributed by atoms with Crippen molar-refractivity contribution < 1.29 is 19.5 Å². The molecule has 0 aliphatic rings. The van der Waals surface area contributed by atoms with Gasteiger partial charge in [0.2, 0.25) is 0 Å². The third kappa shape index (κ3) is 7.03. The highest BCUT2D eigenvalue weighted by Crippen LogP contribution is 2.30. The number of carboxylic acids is 1. The number of amides is 1. The summed E-state index contributed by atoms with van der Waals surface area (Å²) in [5, 5.41) is 18.1. The van der Waals surface area contributed by atoms with E-state index in [9.17, 15) is 14.7 Å². The lowest BCUT2D eigenvalue weighted by Crippen LogP contribution is -2.31. The highest BCUT2D eigenvalue weighted by atomic mass is 16.7. The van der Waals surface area contributed by atoms with Gasteiger partial charge in [0.25, 0.3) is 5.91 Å². The lowest BCUT2D eigenvalue weighted by molar-refractivity contribution is 0.0689. The zero-order valence-electron chi connectivity index (χ0n) is 23.5. The van der Waals surface area contributed by atoms with Crippen molar-refractivity contribution in [2.75, 3.05) is 46.4 Å². The van der Waals surface area contributed by atoms with Crippen LogP contribution in [-0.4, -0.2) is 83.1 Å². The Labute approximate surface area is 224 Å². The van der Waals surface area contributed by atoms with Gasteiger partial charge in [-0.1, -0.05) is 38.1 Å². The summed E-state index contributed by atoms with van der Waals surface area (Å²) in [4.78, 5) is 35.0. The Kier molecular flexibility index (Phi) is 9.03. The van der Waals surface area contributed by atoms with Gasteiger partial charge in [-0.15, -0.1) is 5.10 Å². The van der Waals surface area contributed by atoms with Crippen molar-refractivity contribution >= 4 is 17.6 Å². The van der Waals surface area contributed by atoms with Gasteiger partial charge in [0.1, 0.15) is 0 Å². The molecule has 3 aromatic rings. The van der Waals surface area contributed by atoms with Gasteiger partial charge in [-0.3, -0.25) is 9.63 Å². The Morgan fingerprint density at radius 1 is 1.05 bits per heavy atom. The van der Waals surface area contributed by atoms with Crippen molar-refractivity contribution in [3.8, 4) is 5.69 Å². The molecule has 2 aromatic carbocycles. The number of benzene rings is 2. The maximum atomic E-state index is 13.7. The van der Waals surface area contributed by atoms with Gasteiger partial charge in [-0.2, -0.15) is 5.06 Å². The molecule has 0 unspecified atom stereocenters. The zero-order valence-corrected chi connectivity index (χ0v) is 23.5. The average Bonchev–Trinajstić information content (AvgIpc) is 3.33. The van der Waals surface area contributed by atoms with Crippen LogP contribution in [0.15, 0.2) is 42.6 Å². The van der Waals surface area contributed by atoms with Crippen LogP contribution in [-0.2, 0) is 16.8 Å². The minimum Gasteiger partial charge on any atom is -0.476 e. The van der Waals surface area contributed by atoms with Crippen LogP contribution in [0.1, 0.15) is 58.3 Å². The first-order valence-corrected chi connectivity index (χ1v) is 12.4. The smallest absolute Gasteiger partial charge is 0.358 e. The van der Waals surface area contributed by atoms with Gasteiger partial charge < -0.3 is 14.9 Å². The van der Waals surface area contributed by atoms with E-state index in [2.05, 4.69) is 68.1 Å². The summed E-state index contributed by atoms with van der Waals surface area (Å²) < 4.78 is 1.36. The fraction of sp³-hybridized carbons (Fsp3) is 0.429. The minimum absolute atomic E-state index is 0.138. The summed E-state index contributed by atoms with van der Waals surface area (Å²) >= 11 is 0. The summed E-state index contributed by atoms with van der Waals surface area (Å²) in [7, 11) is 7.66. The first-order chi connectivity index (χ1) is 17.8. The molecular formula is C28H38N6O4. The number of anilines is 1. The number of likely N-dealkylation sites (N-methyl/N-ethyl adjacent to an activating group) is 2. The second-order valence-electron chi connectivity index (χ2n) is 10.8. The van der Waals surface area contributed by atoms with Gasteiger partial charge in [0.15, 0.2) is 5.69 Å². The van der Waals surface area contributed by atoms with E-state index in [0.717, 1.165) is 36.3 Å². The first-order valence-electron chi connectivity index (χ1n) is 12.4.